The summed E-state index contributed by atoms with van der Waals surface area (Å²) < 4.78 is 18.5. The van der Waals surface area contributed by atoms with Crippen LogP contribution in [0.5, 0.6) is 0 Å². The minimum Gasteiger partial charge on any atom is -0.399 e. The molecule has 3 rings (SSSR count). The molecule has 0 unspecified atom stereocenters. The van der Waals surface area contributed by atoms with Gasteiger partial charge in [0.2, 0.25) is 0 Å². The molecule has 0 aliphatic carbocycles. The molecule has 2 fully saturated rings. The Hall–Kier alpha value is -0.830. The maximum absolute atomic E-state index is 13.1. The van der Waals surface area contributed by atoms with Gasteiger partial charge in [0.05, 0.1) is 0 Å². The number of nitrogens with two attached hydrogens (primary N) is 1. The molecule has 4 nitrogen and oxygen atoms in total. The van der Waals surface area contributed by atoms with Crippen molar-refractivity contribution in [1.29, 1.82) is 0 Å². The first-order valence-electron chi connectivity index (χ1n) is 7.43. The minimum absolute atomic E-state index is 0.629. The fourth-order valence-corrected chi connectivity index (χ4v) is 5.82. The van der Waals surface area contributed by atoms with Gasteiger partial charge in [-0.2, -0.15) is 0 Å². The van der Waals surface area contributed by atoms with Crippen LogP contribution in [0.1, 0.15) is 12.8 Å². The van der Waals surface area contributed by atoms with E-state index in [4.69, 9.17) is 10.5 Å². The molecule has 0 amide bonds. The number of anilines is 1. The van der Waals surface area contributed by atoms with E-state index in [1.54, 1.807) is 0 Å². The smallest absolute Gasteiger partial charge is 0.118 e. The van der Waals surface area contributed by atoms with Crippen LogP contribution in [-0.4, -0.2) is 49.6 Å². The summed E-state index contributed by atoms with van der Waals surface area (Å²) in [6.07, 6.45) is 3.83. The van der Waals surface area contributed by atoms with Crippen LogP contribution in [0, 0.1) is 0 Å². The van der Waals surface area contributed by atoms with E-state index < -0.39 is 7.14 Å². The zero-order valence-electron chi connectivity index (χ0n) is 11.8. The first-order chi connectivity index (χ1) is 9.67. The molecule has 0 aromatic heterocycles. The molecule has 2 aliphatic rings. The molecule has 0 spiro atoms. The van der Waals surface area contributed by atoms with Gasteiger partial charge in [0.1, 0.15) is 7.14 Å². The molecule has 2 N–H and O–H groups in total. The summed E-state index contributed by atoms with van der Waals surface area (Å²) in [4.78, 5) is 2.51. The SMILES string of the molecule is Nc1ccc(P2(=O)CCN(C3CCOCC3)CC2)cc1. The van der Waals surface area contributed by atoms with Crippen molar-refractivity contribution in [3.63, 3.8) is 0 Å². The highest BCUT2D eigenvalue weighted by molar-refractivity contribution is 7.71. The number of nitrogen functional groups attached to an aromatic ring is 1. The molecule has 2 saturated heterocycles. The highest BCUT2D eigenvalue weighted by atomic mass is 31.2. The Balaban J connectivity index is 1.65. The van der Waals surface area contributed by atoms with E-state index in [-0.39, 0.29) is 0 Å². The Morgan fingerprint density at radius 2 is 1.70 bits per heavy atom. The van der Waals surface area contributed by atoms with Gasteiger partial charge in [-0.3, -0.25) is 4.90 Å². The van der Waals surface area contributed by atoms with Crippen LogP contribution in [0.2, 0.25) is 0 Å². The third kappa shape index (κ3) is 2.93. The van der Waals surface area contributed by atoms with Crippen molar-refractivity contribution >= 4 is 18.1 Å². The molecule has 0 saturated carbocycles. The maximum Gasteiger partial charge on any atom is 0.118 e. The van der Waals surface area contributed by atoms with Crippen molar-refractivity contribution in [2.75, 3.05) is 44.4 Å². The summed E-state index contributed by atoms with van der Waals surface area (Å²) >= 11 is 0. The second-order valence-corrected chi connectivity index (χ2v) is 9.00. The van der Waals surface area contributed by atoms with Gasteiger partial charge in [-0.05, 0) is 37.1 Å². The molecular formula is C15H23N2O2P. The Kier molecular flexibility index (Phi) is 4.16. The average molecular weight is 294 g/mol. The monoisotopic (exact) mass is 294 g/mol. The maximum atomic E-state index is 13.1. The van der Waals surface area contributed by atoms with E-state index >= 15 is 0 Å². The van der Waals surface area contributed by atoms with Crippen LogP contribution in [0.4, 0.5) is 5.69 Å². The van der Waals surface area contributed by atoms with E-state index in [1.165, 1.54) is 0 Å². The molecule has 0 radical (unpaired) electrons. The van der Waals surface area contributed by atoms with Gasteiger partial charge in [-0.1, -0.05) is 0 Å². The van der Waals surface area contributed by atoms with E-state index in [0.29, 0.717) is 6.04 Å². The lowest BCUT2D eigenvalue weighted by molar-refractivity contribution is 0.0371. The first-order valence-corrected chi connectivity index (χ1v) is 9.51. The highest BCUT2D eigenvalue weighted by Crippen LogP contribution is 2.46. The second kappa shape index (κ2) is 5.88. The average Bonchev–Trinajstić information content (AvgIpc) is 2.49. The van der Waals surface area contributed by atoms with Gasteiger partial charge in [0.15, 0.2) is 0 Å². The number of hydrogen-bond donors (Lipinski definition) is 1. The topological polar surface area (TPSA) is 55.6 Å². The lowest BCUT2D eigenvalue weighted by Crippen LogP contribution is -2.45. The molecule has 0 bridgehead atoms. The van der Waals surface area contributed by atoms with E-state index in [1.807, 2.05) is 24.3 Å². The summed E-state index contributed by atoms with van der Waals surface area (Å²) in [6.45, 7) is 3.65. The lowest BCUT2D eigenvalue weighted by atomic mass is 10.1. The largest absolute Gasteiger partial charge is 0.399 e. The normalized spacial score (nSPS) is 24.6. The third-order valence-electron chi connectivity index (χ3n) is 4.57. The number of ether oxygens (including phenoxy) is 1. The summed E-state index contributed by atoms with van der Waals surface area (Å²) in [7, 11) is -2.20. The van der Waals surface area contributed by atoms with E-state index in [0.717, 1.165) is 62.5 Å². The van der Waals surface area contributed by atoms with Crippen LogP contribution in [0.15, 0.2) is 24.3 Å². The second-order valence-electron chi connectivity index (χ2n) is 5.81. The van der Waals surface area contributed by atoms with Crippen LogP contribution >= 0.6 is 7.14 Å². The fourth-order valence-electron chi connectivity index (χ4n) is 3.22. The Labute approximate surface area is 120 Å². The predicted octanol–water partition coefficient (Wildman–Crippen LogP) is 1.75. The van der Waals surface area contributed by atoms with Gasteiger partial charge in [0.25, 0.3) is 0 Å². The third-order valence-corrected chi connectivity index (χ3v) is 7.65. The van der Waals surface area contributed by atoms with Crippen molar-refractivity contribution in [2.24, 2.45) is 0 Å². The minimum atomic E-state index is -2.20. The predicted molar refractivity (Wildman–Crippen MR) is 83.2 cm³/mol. The molecule has 1 aromatic rings. The van der Waals surface area contributed by atoms with Crippen LogP contribution in [0.25, 0.3) is 0 Å². The standard InChI is InChI=1S/C15H23N2O2P/c16-13-1-3-15(4-2-13)20(18)11-7-17(8-12-20)14-5-9-19-10-6-14/h1-4,14H,5-12,16H2. The molecular weight excluding hydrogens is 271 g/mol. The summed E-state index contributed by atoms with van der Waals surface area (Å²) in [5, 5.41) is 0.998. The van der Waals surface area contributed by atoms with Crippen molar-refractivity contribution in [1.82, 2.24) is 4.90 Å². The summed E-state index contributed by atoms with van der Waals surface area (Å²) in [5.74, 6) is 0. The first kappa shape index (κ1) is 14.1. The Bertz CT molecular complexity index is 485. The van der Waals surface area contributed by atoms with Crippen molar-refractivity contribution in [3.05, 3.63) is 24.3 Å². The van der Waals surface area contributed by atoms with E-state index in [2.05, 4.69) is 4.90 Å². The van der Waals surface area contributed by atoms with Crippen LogP contribution in [-0.2, 0) is 9.30 Å². The number of rotatable bonds is 2. The molecule has 0 atom stereocenters. The molecule has 2 heterocycles. The van der Waals surface area contributed by atoms with Crippen LogP contribution in [0.3, 0.4) is 0 Å². The Morgan fingerprint density at radius 1 is 1.10 bits per heavy atom. The Morgan fingerprint density at radius 3 is 2.30 bits per heavy atom. The lowest BCUT2D eigenvalue weighted by Gasteiger charge is -2.39. The molecule has 2 aliphatic heterocycles. The molecule has 110 valence electrons. The molecule has 20 heavy (non-hydrogen) atoms. The zero-order chi connectivity index (χ0) is 14.0. The van der Waals surface area contributed by atoms with Gasteiger partial charge in [0, 0.05) is 55.7 Å². The fraction of sp³-hybridized carbons (Fsp3) is 0.600. The van der Waals surface area contributed by atoms with Crippen LogP contribution < -0.4 is 11.0 Å². The van der Waals surface area contributed by atoms with Gasteiger partial charge < -0.3 is 15.0 Å². The summed E-state index contributed by atoms with van der Waals surface area (Å²) in [5.41, 5.74) is 6.45. The zero-order valence-corrected chi connectivity index (χ0v) is 12.7. The summed E-state index contributed by atoms with van der Waals surface area (Å²) in [6, 6.07) is 8.24. The van der Waals surface area contributed by atoms with Crippen molar-refractivity contribution in [3.8, 4) is 0 Å². The van der Waals surface area contributed by atoms with Gasteiger partial charge in [-0.25, -0.2) is 0 Å². The number of nitrogens with zero attached hydrogens (tertiary/aromatic N) is 1. The molecule has 1 aromatic carbocycles. The van der Waals surface area contributed by atoms with Crippen molar-refractivity contribution in [2.45, 2.75) is 18.9 Å². The van der Waals surface area contributed by atoms with E-state index in [9.17, 15) is 4.57 Å². The van der Waals surface area contributed by atoms with Gasteiger partial charge in [-0.15, -0.1) is 0 Å². The van der Waals surface area contributed by atoms with Crippen molar-refractivity contribution < 1.29 is 9.30 Å². The number of benzene rings is 1. The highest BCUT2D eigenvalue weighted by Gasteiger charge is 2.33. The quantitative estimate of drug-likeness (QED) is 0.667. The number of hydrogen-bond acceptors (Lipinski definition) is 4. The van der Waals surface area contributed by atoms with Gasteiger partial charge >= 0.3 is 0 Å². The molecule has 5 heteroatoms.